The molecule has 198 valence electrons. The highest BCUT2D eigenvalue weighted by atomic mass is 16.2. The number of nitrogens with one attached hydrogen (secondary N) is 3. The number of hydrogen-bond donors (Lipinski definition) is 6. The number of hydrogen-bond acceptors (Lipinski definition) is 7. The van der Waals surface area contributed by atoms with E-state index in [0.29, 0.717) is 43.6 Å². The summed E-state index contributed by atoms with van der Waals surface area (Å²) in [6.07, 6.45) is 3.72. The van der Waals surface area contributed by atoms with Crippen LogP contribution in [0.1, 0.15) is 57.4 Å². The fourth-order valence-corrected chi connectivity index (χ4v) is 5.86. The van der Waals surface area contributed by atoms with Gasteiger partial charge in [0.15, 0.2) is 0 Å². The van der Waals surface area contributed by atoms with E-state index in [-0.39, 0.29) is 17.8 Å². The molecular weight excluding hydrogens is 476 g/mol. The molecule has 1 heterocycles. The number of nitriles is 1. The fourth-order valence-electron chi connectivity index (χ4n) is 5.86. The number of amidine groups is 1. The number of aryl methyl sites for hydroxylation is 2. The van der Waals surface area contributed by atoms with Gasteiger partial charge in [0.2, 0.25) is 0 Å². The van der Waals surface area contributed by atoms with Gasteiger partial charge in [-0.15, -0.1) is 0 Å². The van der Waals surface area contributed by atoms with Crippen LogP contribution in [0.2, 0.25) is 0 Å². The van der Waals surface area contributed by atoms with E-state index >= 15 is 0 Å². The first-order valence-corrected chi connectivity index (χ1v) is 12.8. The minimum Gasteiger partial charge on any atom is -0.399 e. The summed E-state index contributed by atoms with van der Waals surface area (Å²) in [6.45, 7) is 10.0. The van der Waals surface area contributed by atoms with Crippen molar-refractivity contribution in [1.82, 2.24) is 15.6 Å². The number of amides is 1. The molecule has 2 aromatic rings. The number of rotatable bonds is 9. The SMILES string of the molecule is C=C(N)c1ccc2c(c1)CCc1cc(C(=O)NN)ccc1C2(CCNCC(=C)N1CCCC1C#N)C(=N)N. The van der Waals surface area contributed by atoms with E-state index in [0.717, 1.165) is 52.9 Å². The number of hydrazine groups is 1. The van der Waals surface area contributed by atoms with Crippen LogP contribution >= 0.6 is 0 Å². The minimum absolute atomic E-state index is 0.0296. The van der Waals surface area contributed by atoms with Gasteiger partial charge < -0.3 is 21.7 Å². The van der Waals surface area contributed by atoms with Crippen molar-refractivity contribution in [2.45, 2.75) is 43.6 Å². The van der Waals surface area contributed by atoms with Crippen molar-refractivity contribution in [2.75, 3.05) is 19.6 Å². The number of nitrogens with zero attached hydrogens (tertiary/aromatic N) is 2. The monoisotopic (exact) mass is 512 g/mol. The zero-order valence-corrected chi connectivity index (χ0v) is 21.6. The van der Waals surface area contributed by atoms with E-state index in [1.807, 2.05) is 30.3 Å². The van der Waals surface area contributed by atoms with Crippen LogP contribution in [0.3, 0.4) is 0 Å². The molecular formula is C29H36N8O. The predicted molar refractivity (Wildman–Crippen MR) is 150 cm³/mol. The number of nitrogens with two attached hydrogens (primary N) is 3. The number of fused-ring (bicyclic) bond motifs is 2. The topological polar surface area (TPSA) is 170 Å². The Labute approximate surface area is 223 Å². The Hall–Kier alpha value is -4.13. The first-order valence-electron chi connectivity index (χ1n) is 12.8. The first kappa shape index (κ1) is 26.9. The van der Waals surface area contributed by atoms with Crippen molar-refractivity contribution in [3.8, 4) is 6.07 Å². The molecule has 38 heavy (non-hydrogen) atoms. The summed E-state index contributed by atoms with van der Waals surface area (Å²) in [4.78, 5) is 14.3. The number of nitrogen functional groups attached to an aromatic ring is 1. The molecule has 9 N–H and O–H groups in total. The van der Waals surface area contributed by atoms with E-state index < -0.39 is 5.41 Å². The van der Waals surface area contributed by atoms with Crippen LogP contribution in [0.5, 0.6) is 0 Å². The average molecular weight is 513 g/mol. The van der Waals surface area contributed by atoms with Gasteiger partial charge in [0.1, 0.15) is 11.9 Å². The highest BCUT2D eigenvalue weighted by Gasteiger charge is 2.42. The van der Waals surface area contributed by atoms with Crippen molar-refractivity contribution in [3.05, 3.63) is 88.6 Å². The summed E-state index contributed by atoms with van der Waals surface area (Å²) < 4.78 is 0. The lowest BCUT2D eigenvalue weighted by molar-refractivity contribution is 0.0953. The molecule has 0 bridgehead atoms. The summed E-state index contributed by atoms with van der Waals surface area (Å²) >= 11 is 0. The Morgan fingerprint density at radius 1 is 1.13 bits per heavy atom. The lowest BCUT2D eigenvalue weighted by Gasteiger charge is -2.36. The van der Waals surface area contributed by atoms with Crippen LogP contribution in [0.4, 0.5) is 0 Å². The van der Waals surface area contributed by atoms with Crippen LogP contribution in [-0.2, 0) is 18.3 Å². The smallest absolute Gasteiger partial charge is 0.265 e. The third-order valence-corrected chi connectivity index (χ3v) is 7.83. The second kappa shape index (κ2) is 11.1. The lowest BCUT2D eigenvalue weighted by atomic mass is 9.69. The normalized spacial score (nSPS) is 20.0. The molecule has 2 atom stereocenters. The fraction of sp³-hybridized carbons (Fsp3) is 0.345. The molecule has 1 aliphatic heterocycles. The molecule has 1 saturated heterocycles. The summed E-state index contributed by atoms with van der Waals surface area (Å²) in [5.74, 6) is 5.04. The Bertz CT molecular complexity index is 1330. The molecule has 2 aliphatic rings. The van der Waals surface area contributed by atoms with Gasteiger partial charge in [0.25, 0.3) is 5.91 Å². The molecule has 9 heteroatoms. The molecule has 0 spiro atoms. The maximum Gasteiger partial charge on any atom is 0.265 e. The van der Waals surface area contributed by atoms with Crippen LogP contribution < -0.4 is 28.1 Å². The Morgan fingerprint density at radius 3 is 2.34 bits per heavy atom. The van der Waals surface area contributed by atoms with Crippen molar-refractivity contribution >= 4 is 17.4 Å². The van der Waals surface area contributed by atoms with Crippen LogP contribution in [-0.4, -0.2) is 42.3 Å². The lowest BCUT2D eigenvalue weighted by Crippen LogP contribution is -2.45. The molecule has 9 nitrogen and oxygen atoms in total. The zero-order valence-electron chi connectivity index (χ0n) is 21.6. The maximum absolute atomic E-state index is 12.3. The van der Waals surface area contributed by atoms with Gasteiger partial charge in [-0.1, -0.05) is 31.4 Å². The predicted octanol–water partition coefficient (Wildman–Crippen LogP) is 2.02. The third kappa shape index (κ3) is 4.88. The minimum atomic E-state index is -0.912. The van der Waals surface area contributed by atoms with Crippen LogP contribution in [0.15, 0.2) is 55.3 Å². The van der Waals surface area contributed by atoms with Gasteiger partial charge in [-0.05, 0) is 84.7 Å². The second-order valence-electron chi connectivity index (χ2n) is 10.0. The average Bonchev–Trinajstić information content (AvgIpc) is 3.35. The highest BCUT2D eigenvalue weighted by Crippen LogP contribution is 2.43. The van der Waals surface area contributed by atoms with Gasteiger partial charge in [-0.3, -0.25) is 15.6 Å². The number of carbonyl (C=O) groups is 1. The van der Waals surface area contributed by atoms with Gasteiger partial charge >= 0.3 is 0 Å². The van der Waals surface area contributed by atoms with E-state index in [2.05, 4.69) is 34.9 Å². The molecule has 1 aliphatic carbocycles. The third-order valence-electron chi connectivity index (χ3n) is 7.83. The van der Waals surface area contributed by atoms with Gasteiger partial charge in [0, 0.05) is 30.0 Å². The summed E-state index contributed by atoms with van der Waals surface area (Å²) in [5, 5.41) is 21.8. The van der Waals surface area contributed by atoms with Crippen LogP contribution in [0, 0.1) is 16.7 Å². The highest BCUT2D eigenvalue weighted by molar-refractivity contribution is 5.96. The van der Waals surface area contributed by atoms with E-state index in [1.165, 1.54) is 0 Å². The quantitative estimate of drug-likeness (QED) is 0.0745. The Morgan fingerprint density at radius 2 is 1.76 bits per heavy atom. The molecule has 1 amide bonds. The van der Waals surface area contributed by atoms with Gasteiger partial charge in [-0.2, -0.15) is 5.26 Å². The van der Waals surface area contributed by atoms with Gasteiger partial charge in [0.05, 0.1) is 11.5 Å². The largest absolute Gasteiger partial charge is 0.399 e. The summed E-state index contributed by atoms with van der Waals surface area (Å²) in [7, 11) is 0. The number of benzene rings is 2. The molecule has 1 fully saturated rings. The van der Waals surface area contributed by atoms with E-state index in [4.69, 9.17) is 22.7 Å². The summed E-state index contributed by atoms with van der Waals surface area (Å²) in [6, 6.07) is 13.6. The molecule has 0 aromatic heterocycles. The first-order chi connectivity index (χ1) is 18.2. The Balaban J connectivity index is 1.70. The molecule has 0 saturated carbocycles. The second-order valence-corrected chi connectivity index (χ2v) is 10.0. The molecule has 2 aromatic carbocycles. The van der Waals surface area contributed by atoms with Crippen molar-refractivity contribution < 1.29 is 4.79 Å². The van der Waals surface area contributed by atoms with Crippen molar-refractivity contribution in [1.29, 1.82) is 10.7 Å². The molecule has 0 radical (unpaired) electrons. The zero-order chi connectivity index (χ0) is 27.4. The number of likely N-dealkylation sites (tertiary alicyclic amines) is 1. The standard InChI is InChI=1S/C29H36N8O/c1-18(37-13-3-4-24(37)16-30)17-35-12-11-29(28(32)33)25-9-7-20(19(2)31)14-21(25)5-6-22-15-23(27(38)36-34)8-10-26(22)29/h7-10,14-15,24,35H,1-6,11-13,17,31,34H2,(H3,32,33)(H,36,38). The maximum atomic E-state index is 12.3. The van der Waals surface area contributed by atoms with Crippen LogP contribution in [0.25, 0.3) is 5.70 Å². The molecule has 2 unspecified atom stereocenters. The van der Waals surface area contributed by atoms with Crippen molar-refractivity contribution in [3.63, 3.8) is 0 Å². The summed E-state index contributed by atoms with van der Waals surface area (Å²) in [5.41, 5.74) is 20.2. The van der Waals surface area contributed by atoms with Gasteiger partial charge in [-0.25, -0.2) is 5.84 Å². The molecule has 4 rings (SSSR count). The van der Waals surface area contributed by atoms with Crippen molar-refractivity contribution in [2.24, 2.45) is 17.3 Å². The van der Waals surface area contributed by atoms with E-state index in [9.17, 15) is 10.1 Å². The number of carbonyl (C=O) groups excluding carboxylic acids is 1. The Kier molecular flexibility index (Phi) is 7.86. The van der Waals surface area contributed by atoms with E-state index in [1.54, 1.807) is 6.07 Å².